The van der Waals surface area contributed by atoms with Crippen LogP contribution in [0.1, 0.15) is 11.4 Å². The molecule has 0 aliphatic carbocycles. The second kappa shape index (κ2) is 8.65. The number of nitrogens with zero attached hydrogens (tertiary/aromatic N) is 2. The lowest BCUT2D eigenvalue weighted by atomic mass is 10.1. The van der Waals surface area contributed by atoms with Gasteiger partial charge in [-0.2, -0.15) is 0 Å². The summed E-state index contributed by atoms with van der Waals surface area (Å²) in [6, 6.07) is 22.2. The summed E-state index contributed by atoms with van der Waals surface area (Å²) in [5.74, 6) is 0.797. The molecule has 0 radical (unpaired) electrons. The third-order valence-electron chi connectivity index (χ3n) is 4.93. The Hall–Kier alpha value is -3.22. The van der Waals surface area contributed by atoms with E-state index in [2.05, 4.69) is 49.9 Å². The van der Waals surface area contributed by atoms with Gasteiger partial charge in [-0.1, -0.05) is 42.5 Å². The number of fused-ring (bicyclic) bond motifs is 1. The standard InChI is InChI=1S/C24H24N4OS/c1-25-30(29)23-7-5-4-6-20(23)18-11-14-21-22(16-18)27-24(26-21)15-10-17-8-12-19(13-9-17)28(2)3/h4-16,25H,1-3H3,(H,26,27)/b15-10+. The van der Waals surface area contributed by atoms with E-state index in [1.54, 1.807) is 7.05 Å². The summed E-state index contributed by atoms with van der Waals surface area (Å²) >= 11 is 0. The molecule has 0 amide bonds. The molecule has 0 aliphatic heterocycles. The minimum absolute atomic E-state index is 0.764. The number of benzene rings is 3. The zero-order chi connectivity index (χ0) is 21.1. The van der Waals surface area contributed by atoms with Crippen LogP contribution in [-0.2, 0) is 11.0 Å². The van der Waals surface area contributed by atoms with Gasteiger partial charge in [-0.15, -0.1) is 0 Å². The zero-order valence-electron chi connectivity index (χ0n) is 17.2. The third-order valence-corrected chi connectivity index (χ3v) is 6.05. The molecule has 6 heteroatoms. The second-order valence-corrected chi connectivity index (χ2v) is 8.53. The lowest BCUT2D eigenvalue weighted by molar-refractivity contribution is 0.678. The Bertz CT molecular complexity index is 1230. The van der Waals surface area contributed by atoms with Gasteiger partial charge in [0.15, 0.2) is 0 Å². The van der Waals surface area contributed by atoms with Crippen LogP contribution in [0, 0.1) is 0 Å². The summed E-state index contributed by atoms with van der Waals surface area (Å²) in [6.07, 6.45) is 4.03. The van der Waals surface area contributed by atoms with Crippen molar-refractivity contribution in [2.75, 3.05) is 26.0 Å². The number of H-pyrrole nitrogens is 1. The van der Waals surface area contributed by atoms with Crippen LogP contribution in [-0.4, -0.2) is 35.3 Å². The Kier molecular flexibility index (Phi) is 5.79. The van der Waals surface area contributed by atoms with Crippen molar-refractivity contribution >= 4 is 39.9 Å². The van der Waals surface area contributed by atoms with E-state index < -0.39 is 11.0 Å². The summed E-state index contributed by atoms with van der Waals surface area (Å²) in [4.78, 5) is 10.9. The fraction of sp³-hybridized carbons (Fsp3) is 0.125. The molecule has 0 fully saturated rings. The molecule has 1 aromatic heterocycles. The molecule has 152 valence electrons. The van der Waals surface area contributed by atoms with E-state index >= 15 is 0 Å². The summed E-state index contributed by atoms with van der Waals surface area (Å²) in [7, 11) is 4.50. The monoisotopic (exact) mass is 416 g/mol. The Morgan fingerprint density at radius 3 is 2.50 bits per heavy atom. The topological polar surface area (TPSA) is 61.0 Å². The highest BCUT2D eigenvalue weighted by Gasteiger charge is 2.11. The molecule has 30 heavy (non-hydrogen) atoms. The average Bonchev–Trinajstić information content (AvgIpc) is 3.19. The van der Waals surface area contributed by atoms with Crippen LogP contribution in [0.25, 0.3) is 34.3 Å². The predicted molar refractivity (Wildman–Crippen MR) is 127 cm³/mol. The fourth-order valence-electron chi connectivity index (χ4n) is 3.31. The summed E-state index contributed by atoms with van der Waals surface area (Å²) in [6.45, 7) is 0. The Labute approximate surface area is 179 Å². The highest BCUT2D eigenvalue weighted by molar-refractivity contribution is 7.83. The van der Waals surface area contributed by atoms with Crippen molar-refractivity contribution in [3.63, 3.8) is 0 Å². The fourth-order valence-corrected chi connectivity index (χ4v) is 4.12. The molecule has 4 rings (SSSR count). The number of hydrogen-bond donors (Lipinski definition) is 2. The van der Waals surface area contributed by atoms with Gasteiger partial charge in [0.05, 0.1) is 15.9 Å². The molecule has 1 atom stereocenters. The van der Waals surface area contributed by atoms with Crippen molar-refractivity contribution in [3.8, 4) is 11.1 Å². The van der Waals surface area contributed by atoms with Crippen LogP contribution in [0.2, 0.25) is 0 Å². The van der Waals surface area contributed by atoms with E-state index in [4.69, 9.17) is 0 Å². The van der Waals surface area contributed by atoms with Crippen LogP contribution in [0.15, 0.2) is 71.6 Å². The molecule has 0 saturated carbocycles. The molecule has 1 heterocycles. The zero-order valence-corrected chi connectivity index (χ0v) is 18.0. The molecule has 4 aromatic rings. The molecule has 5 nitrogen and oxygen atoms in total. The summed E-state index contributed by atoms with van der Waals surface area (Å²) in [5.41, 5.74) is 6.07. The first-order chi connectivity index (χ1) is 14.5. The molecule has 0 spiro atoms. The molecular formula is C24H24N4OS. The minimum atomic E-state index is -1.25. The van der Waals surface area contributed by atoms with Crippen molar-refractivity contribution in [3.05, 3.63) is 78.1 Å². The van der Waals surface area contributed by atoms with Crippen molar-refractivity contribution in [2.24, 2.45) is 0 Å². The summed E-state index contributed by atoms with van der Waals surface area (Å²) < 4.78 is 15.1. The van der Waals surface area contributed by atoms with Gasteiger partial charge >= 0.3 is 0 Å². The highest BCUT2D eigenvalue weighted by atomic mass is 32.2. The van der Waals surface area contributed by atoms with E-state index in [1.807, 2.05) is 62.6 Å². The first-order valence-electron chi connectivity index (χ1n) is 9.69. The first kappa shape index (κ1) is 20.1. The predicted octanol–water partition coefficient (Wildman–Crippen LogP) is 4.71. The number of rotatable bonds is 6. The normalized spacial score (nSPS) is 12.5. The Balaban J connectivity index is 1.63. The van der Waals surface area contributed by atoms with Gasteiger partial charge in [0.2, 0.25) is 0 Å². The van der Waals surface area contributed by atoms with Crippen molar-refractivity contribution in [1.29, 1.82) is 0 Å². The molecule has 3 aromatic carbocycles. The van der Waals surface area contributed by atoms with E-state index in [0.717, 1.165) is 38.4 Å². The van der Waals surface area contributed by atoms with Crippen molar-refractivity contribution in [1.82, 2.24) is 14.7 Å². The van der Waals surface area contributed by atoms with E-state index in [1.165, 1.54) is 5.69 Å². The lowest BCUT2D eigenvalue weighted by Gasteiger charge is -2.11. The average molecular weight is 417 g/mol. The van der Waals surface area contributed by atoms with Crippen LogP contribution < -0.4 is 9.62 Å². The third kappa shape index (κ3) is 4.20. The molecule has 0 aliphatic rings. The first-order valence-corrected chi connectivity index (χ1v) is 10.8. The van der Waals surface area contributed by atoms with Crippen molar-refractivity contribution in [2.45, 2.75) is 4.90 Å². The number of hydrogen-bond acceptors (Lipinski definition) is 3. The maximum Gasteiger partial charge on any atom is 0.131 e. The molecule has 0 saturated heterocycles. The molecule has 1 unspecified atom stereocenters. The van der Waals surface area contributed by atoms with Crippen LogP contribution in [0.5, 0.6) is 0 Å². The number of aromatic nitrogens is 2. The maximum atomic E-state index is 12.3. The SMILES string of the molecule is CNS(=O)c1ccccc1-c1ccc2nc(/C=C/c3ccc(N(C)C)cc3)[nH]c2c1. The van der Waals surface area contributed by atoms with Crippen LogP contribution in [0.3, 0.4) is 0 Å². The lowest BCUT2D eigenvalue weighted by Crippen LogP contribution is -2.11. The van der Waals surface area contributed by atoms with E-state index in [0.29, 0.717) is 0 Å². The molecular weight excluding hydrogens is 392 g/mol. The van der Waals surface area contributed by atoms with Gasteiger partial charge < -0.3 is 9.88 Å². The highest BCUT2D eigenvalue weighted by Crippen LogP contribution is 2.28. The van der Waals surface area contributed by atoms with E-state index in [-0.39, 0.29) is 0 Å². The largest absolute Gasteiger partial charge is 0.378 e. The van der Waals surface area contributed by atoms with Gasteiger partial charge in [-0.3, -0.25) is 0 Å². The maximum absolute atomic E-state index is 12.3. The Morgan fingerprint density at radius 1 is 1.00 bits per heavy atom. The van der Waals surface area contributed by atoms with Crippen molar-refractivity contribution < 1.29 is 4.21 Å². The number of aromatic amines is 1. The quantitative estimate of drug-likeness (QED) is 0.479. The van der Waals surface area contributed by atoms with Gasteiger partial charge in [-0.05, 0) is 60.1 Å². The van der Waals surface area contributed by atoms with Gasteiger partial charge in [0.25, 0.3) is 0 Å². The Morgan fingerprint density at radius 2 is 1.77 bits per heavy atom. The minimum Gasteiger partial charge on any atom is -0.378 e. The van der Waals surface area contributed by atoms with Gasteiger partial charge in [-0.25, -0.2) is 13.9 Å². The number of imidazole rings is 1. The number of nitrogens with one attached hydrogen (secondary N) is 2. The smallest absolute Gasteiger partial charge is 0.131 e. The van der Waals surface area contributed by atoms with Crippen LogP contribution in [0.4, 0.5) is 5.69 Å². The summed E-state index contributed by atoms with van der Waals surface area (Å²) in [5, 5.41) is 0. The van der Waals surface area contributed by atoms with Gasteiger partial charge in [0, 0.05) is 19.8 Å². The van der Waals surface area contributed by atoms with Crippen LogP contribution >= 0.6 is 0 Å². The molecule has 0 bridgehead atoms. The number of anilines is 1. The molecule has 2 N–H and O–H groups in total. The second-order valence-electron chi connectivity index (χ2n) is 7.14. The van der Waals surface area contributed by atoms with E-state index in [9.17, 15) is 4.21 Å². The van der Waals surface area contributed by atoms with Gasteiger partial charge in [0.1, 0.15) is 16.8 Å².